The minimum absolute atomic E-state index is 0.0815. The molecule has 0 bridgehead atoms. The summed E-state index contributed by atoms with van der Waals surface area (Å²) in [6, 6.07) is 4.49. The predicted molar refractivity (Wildman–Crippen MR) is 118 cm³/mol. The van der Waals surface area contributed by atoms with Crippen LogP contribution in [0.3, 0.4) is 0 Å². The number of Topliss-reactive ketones (excluding diaryl/α,β-unsaturated/α-hetero) is 1. The van der Waals surface area contributed by atoms with Crippen molar-refractivity contribution in [2.45, 2.75) is 39.2 Å². The number of amidine groups is 1. The molecule has 0 unspecified atom stereocenters. The molecule has 2 aromatic rings. The largest absolute Gasteiger partial charge is 0.481 e. The number of carbonyl (C=O) groups is 1. The van der Waals surface area contributed by atoms with Gasteiger partial charge in [-0.15, -0.1) is 0 Å². The fraction of sp³-hybridized carbons (Fsp3) is 0.435. The Hall–Kier alpha value is -2.48. The number of hydrogen-bond donors (Lipinski definition) is 1. The fourth-order valence-electron chi connectivity index (χ4n) is 4.50. The Kier molecular flexibility index (Phi) is 5.32. The molecule has 164 valence electrons. The summed E-state index contributed by atoms with van der Waals surface area (Å²) >= 11 is 1.42. The molecule has 5 nitrogen and oxygen atoms in total. The van der Waals surface area contributed by atoms with Crippen molar-refractivity contribution in [2.75, 3.05) is 12.9 Å². The molecule has 2 heterocycles. The number of nitrogens with zero attached hydrogens (tertiary/aromatic N) is 2. The molecule has 4 rings (SSSR count). The van der Waals surface area contributed by atoms with Gasteiger partial charge in [-0.3, -0.25) is 9.79 Å². The van der Waals surface area contributed by atoms with E-state index in [1.165, 1.54) is 24.9 Å². The molecule has 0 saturated heterocycles. The first kappa shape index (κ1) is 21.7. The van der Waals surface area contributed by atoms with Crippen molar-refractivity contribution in [3.05, 3.63) is 58.3 Å². The van der Waals surface area contributed by atoms with Gasteiger partial charge in [0.15, 0.2) is 11.0 Å². The lowest BCUT2D eigenvalue weighted by molar-refractivity contribution is 0.0848. The van der Waals surface area contributed by atoms with Crippen LogP contribution in [0, 0.1) is 23.0 Å². The molecule has 0 fully saturated rings. The monoisotopic (exact) mass is 445 g/mol. The van der Waals surface area contributed by atoms with Crippen LogP contribution in [0.15, 0.2) is 29.4 Å². The lowest BCUT2D eigenvalue weighted by atomic mass is 9.67. The van der Waals surface area contributed by atoms with Crippen molar-refractivity contribution in [3.8, 4) is 5.88 Å². The molecule has 2 atom stereocenters. The van der Waals surface area contributed by atoms with Crippen LogP contribution >= 0.6 is 11.8 Å². The molecular formula is C23H25F2N3O2S. The second-order valence-corrected chi connectivity index (χ2v) is 10.1. The van der Waals surface area contributed by atoms with E-state index in [2.05, 4.69) is 4.98 Å². The molecule has 1 aliphatic heterocycles. The first-order valence-electron chi connectivity index (χ1n) is 10.1. The van der Waals surface area contributed by atoms with E-state index in [-0.39, 0.29) is 11.5 Å². The number of hydrogen-bond acceptors (Lipinski definition) is 6. The standard InChI is InChI=1S/C23H25F2N3O2S/c1-22(2,3)19(29)17-16(24)6-5-15(18(17)25)23-10-14-12(7-8-27-20(14)30-4)9-13(23)11-31-21(26)28-23/h5-8,13H,9-11H2,1-4H3,(H2,26,28)/t13-,23-/m0/s1. The zero-order valence-corrected chi connectivity index (χ0v) is 18.8. The summed E-state index contributed by atoms with van der Waals surface area (Å²) in [6.45, 7) is 4.92. The minimum Gasteiger partial charge on any atom is -0.481 e. The summed E-state index contributed by atoms with van der Waals surface area (Å²) in [5, 5.41) is 0.343. The molecule has 0 radical (unpaired) electrons. The summed E-state index contributed by atoms with van der Waals surface area (Å²) in [5.74, 6) is -1.31. The molecular weight excluding hydrogens is 420 g/mol. The van der Waals surface area contributed by atoms with E-state index in [1.54, 1.807) is 27.0 Å². The fourth-order valence-corrected chi connectivity index (χ4v) is 5.50. The number of fused-ring (bicyclic) bond motifs is 2. The highest BCUT2D eigenvalue weighted by Crippen LogP contribution is 2.50. The van der Waals surface area contributed by atoms with Crippen LogP contribution in [0.2, 0.25) is 0 Å². The third-order valence-electron chi connectivity index (χ3n) is 6.10. The van der Waals surface area contributed by atoms with Crippen molar-refractivity contribution in [3.63, 3.8) is 0 Å². The van der Waals surface area contributed by atoms with Gasteiger partial charge in [-0.05, 0) is 24.1 Å². The first-order chi connectivity index (χ1) is 14.6. The van der Waals surface area contributed by atoms with Gasteiger partial charge in [0.2, 0.25) is 5.88 Å². The molecule has 2 aliphatic rings. The number of carbonyl (C=O) groups excluding carboxylic acids is 1. The van der Waals surface area contributed by atoms with Gasteiger partial charge in [0, 0.05) is 40.8 Å². The van der Waals surface area contributed by atoms with Gasteiger partial charge in [0.1, 0.15) is 11.6 Å². The van der Waals surface area contributed by atoms with Crippen LogP contribution < -0.4 is 10.5 Å². The number of pyridine rings is 1. The first-order valence-corrected chi connectivity index (χ1v) is 11.1. The molecule has 1 aromatic heterocycles. The van der Waals surface area contributed by atoms with Crippen LogP contribution in [-0.2, 0) is 18.4 Å². The zero-order chi connectivity index (χ0) is 22.6. The smallest absolute Gasteiger partial charge is 0.216 e. The number of ether oxygens (including phenoxy) is 1. The van der Waals surface area contributed by atoms with Crippen molar-refractivity contribution in [2.24, 2.45) is 22.1 Å². The number of halogens is 2. The Bertz CT molecular complexity index is 1100. The van der Waals surface area contributed by atoms with Crippen LogP contribution in [0.5, 0.6) is 5.88 Å². The van der Waals surface area contributed by atoms with Gasteiger partial charge in [0.25, 0.3) is 0 Å². The maximum atomic E-state index is 15.9. The predicted octanol–water partition coefficient (Wildman–Crippen LogP) is 4.27. The SMILES string of the molecule is COc1nccc2c1C[C@]1(c3ccc(F)c(C(=O)C(C)(C)C)c3F)N=C(N)SC[C@@H]1C2. The van der Waals surface area contributed by atoms with Crippen molar-refractivity contribution in [1.29, 1.82) is 0 Å². The second-order valence-electron chi connectivity index (χ2n) is 9.08. The number of aromatic nitrogens is 1. The Balaban J connectivity index is 1.96. The van der Waals surface area contributed by atoms with Crippen molar-refractivity contribution in [1.82, 2.24) is 4.98 Å². The van der Waals surface area contributed by atoms with E-state index in [9.17, 15) is 9.18 Å². The van der Waals surface area contributed by atoms with E-state index in [4.69, 9.17) is 15.5 Å². The van der Waals surface area contributed by atoms with E-state index in [1.807, 2.05) is 6.07 Å². The molecule has 1 aromatic carbocycles. The topological polar surface area (TPSA) is 77.6 Å². The maximum absolute atomic E-state index is 15.9. The number of benzene rings is 1. The van der Waals surface area contributed by atoms with Gasteiger partial charge in [0.05, 0.1) is 18.2 Å². The van der Waals surface area contributed by atoms with E-state index < -0.39 is 33.9 Å². The lowest BCUT2D eigenvalue weighted by Gasteiger charge is -2.45. The molecule has 2 N–H and O–H groups in total. The summed E-state index contributed by atoms with van der Waals surface area (Å²) in [6.07, 6.45) is 2.62. The molecule has 1 aliphatic carbocycles. The van der Waals surface area contributed by atoms with Gasteiger partial charge >= 0.3 is 0 Å². The van der Waals surface area contributed by atoms with Crippen molar-refractivity contribution >= 4 is 22.7 Å². The highest BCUT2D eigenvalue weighted by molar-refractivity contribution is 8.13. The van der Waals surface area contributed by atoms with Gasteiger partial charge < -0.3 is 10.5 Å². The van der Waals surface area contributed by atoms with Gasteiger partial charge in [-0.1, -0.05) is 38.6 Å². The normalized spacial score (nSPS) is 22.9. The number of thioether (sulfide) groups is 1. The van der Waals surface area contributed by atoms with Gasteiger partial charge in [-0.2, -0.15) is 0 Å². The highest BCUT2D eigenvalue weighted by Gasteiger charge is 2.49. The van der Waals surface area contributed by atoms with Crippen LogP contribution in [0.25, 0.3) is 0 Å². The number of nitrogens with two attached hydrogens (primary N) is 1. The number of ketones is 1. The maximum Gasteiger partial charge on any atom is 0.216 e. The minimum atomic E-state index is -1.07. The summed E-state index contributed by atoms with van der Waals surface area (Å²) in [7, 11) is 1.54. The molecule has 0 spiro atoms. The Labute approximate surface area is 184 Å². The number of aliphatic imine (C=N–C) groups is 1. The summed E-state index contributed by atoms with van der Waals surface area (Å²) < 4.78 is 36.1. The molecule has 0 saturated carbocycles. The second kappa shape index (κ2) is 7.58. The van der Waals surface area contributed by atoms with Gasteiger partial charge in [-0.25, -0.2) is 13.8 Å². The van der Waals surface area contributed by atoms with E-state index >= 15 is 4.39 Å². The van der Waals surface area contributed by atoms with E-state index in [0.717, 1.165) is 17.2 Å². The third kappa shape index (κ3) is 3.50. The molecule has 31 heavy (non-hydrogen) atoms. The van der Waals surface area contributed by atoms with Crippen LogP contribution in [0.1, 0.15) is 47.8 Å². The third-order valence-corrected chi connectivity index (χ3v) is 7.06. The summed E-state index contributed by atoms with van der Waals surface area (Å²) in [4.78, 5) is 21.9. The Morgan fingerprint density at radius 1 is 1.29 bits per heavy atom. The van der Waals surface area contributed by atoms with Crippen LogP contribution in [-0.4, -0.2) is 28.8 Å². The Morgan fingerprint density at radius 2 is 2.03 bits per heavy atom. The number of methoxy groups -OCH3 is 1. The zero-order valence-electron chi connectivity index (χ0n) is 18.0. The average molecular weight is 446 g/mol. The summed E-state index contributed by atoms with van der Waals surface area (Å²) in [5.41, 5.74) is 5.67. The Morgan fingerprint density at radius 3 is 2.71 bits per heavy atom. The van der Waals surface area contributed by atoms with E-state index in [0.29, 0.717) is 29.6 Å². The van der Waals surface area contributed by atoms with Crippen molar-refractivity contribution < 1.29 is 18.3 Å². The lowest BCUT2D eigenvalue weighted by Crippen LogP contribution is -2.47. The highest BCUT2D eigenvalue weighted by atomic mass is 32.2. The number of rotatable bonds is 3. The molecule has 0 amide bonds. The average Bonchev–Trinajstić information content (AvgIpc) is 2.70. The quantitative estimate of drug-likeness (QED) is 0.714. The molecule has 8 heteroatoms. The van der Waals surface area contributed by atoms with Crippen LogP contribution in [0.4, 0.5) is 8.78 Å².